The van der Waals surface area contributed by atoms with Crippen molar-refractivity contribution in [2.45, 2.75) is 12.2 Å². The van der Waals surface area contributed by atoms with E-state index >= 15 is 0 Å². The number of hydrogen-bond acceptors (Lipinski definition) is 2. The summed E-state index contributed by atoms with van der Waals surface area (Å²) in [6.07, 6.45) is -4.74. The lowest BCUT2D eigenvalue weighted by molar-refractivity contribution is -0.138. The SMILES string of the molecule is Cl.N[C@@H](CO)c1c(C(F)(F)F)ccc(Cl)c1F. The number of nitrogens with two attached hydrogens (primary N) is 1. The maximum atomic E-state index is 13.4. The summed E-state index contributed by atoms with van der Waals surface area (Å²) in [5.41, 5.74) is 3.17. The molecule has 0 aromatic heterocycles. The summed E-state index contributed by atoms with van der Waals surface area (Å²) in [6.45, 7) is -0.805. The highest BCUT2D eigenvalue weighted by atomic mass is 35.5. The van der Waals surface area contributed by atoms with Gasteiger partial charge in [0.2, 0.25) is 0 Å². The number of halogens is 6. The van der Waals surface area contributed by atoms with Crippen molar-refractivity contribution in [3.8, 4) is 0 Å². The van der Waals surface area contributed by atoms with E-state index in [1.54, 1.807) is 0 Å². The minimum absolute atomic E-state index is 0. The minimum Gasteiger partial charge on any atom is -0.394 e. The van der Waals surface area contributed by atoms with Crippen molar-refractivity contribution in [1.82, 2.24) is 0 Å². The molecule has 0 aliphatic carbocycles. The molecule has 1 aromatic rings. The molecular weight excluding hydrogens is 285 g/mol. The molecule has 0 aliphatic rings. The van der Waals surface area contributed by atoms with Crippen LogP contribution in [0, 0.1) is 5.82 Å². The van der Waals surface area contributed by atoms with Crippen LogP contribution >= 0.6 is 24.0 Å². The van der Waals surface area contributed by atoms with E-state index in [9.17, 15) is 17.6 Å². The molecule has 98 valence electrons. The first-order valence-electron chi connectivity index (χ1n) is 4.20. The third-order valence-corrected chi connectivity index (χ3v) is 2.30. The zero-order valence-corrected chi connectivity index (χ0v) is 9.83. The van der Waals surface area contributed by atoms with Crippen LogP contribution in [0.4, 0.5) is 17.6 Å². The van der Waals surface area contributed by atoms with E-state index in [-0.39, 0.29) is 12.4 Å². The Bertz CT molecular complexity index is 397. The number of benzene rings is 1. The van der Waals surface area contributed by atoms with Gasteiger partial charge < -0.3 is 10.8 Å². The molecule has 0 unspecified atom stereocenters. The molecule has 0 heterocycles. The van der Waals surface area contributed by atoms with E-state index in [1.807, 2.05) is 0 Å². The monoisotopic (exact) mass is 293 g/mol. The van der Waals surface area contributed by atoms with Crippen LogP contribution in [-0.4, -0.2) is 11.7 Å². The van der Waals surface area contributed by atoms with Gasteiger partial charge in [0.05, 0.1) is 23.2 Å². The fraction of sp³-hybridized carbons (Fsp3) is 0.333. The molecule has 0 saturated heterocycles. The predicted octanol–water partition coefficient (Wildman–Crippen LogP) is 2.91. The maximum Gasteiger partial charge on any atom is 0.416 e. The van der Waals surface area contributed by atoms with Gasteiger partial charge in [0.25, 0.3) is 0 Å². The quantitative estimate of drug-likeness (QED) is 0.824. The highest BCUT2D eigenvalue weighted by molar-refractivity contribution is 6.30. The van der Waals surface area contributed by atoms with Crippen LogP contribution in [0.25, 0.3) is 0 Å². The Hall–Kier alpha value is -0.560. The second kappa shape index (κ2) is 5.86. The molecule has 0 spiro atoms. The van der Waals surface area contributed by atoms with Gasteiger partial charge in [-0.15, -0.1) is 12.4 Å². The van der Waals surface area contributed by atoms with Crippen LogP contribution in [0.1, 0.15) is 17.2 Å². The predicted molar refractivity (Wildman–Crippen MR) is 57.7 cm³/mol. The Kier molecular flexibility index (Phi) is 5.67. The first-order chi connectivity index (χ1) is 7.29. The molecular formula is C9H9Cl2F4NO. The molecule has 3 N–H and O–H groups in total. The normalized spacial score (nSPS) is 13.1. The second-order valence-electron chi connectivity index (χ2n) is 3.11. The molecule has 0 fully saturated rings. The van der Waals surface area contributed by atoms with Gasteiger partial charge in [0, 0.05) is 5.56 Å². The summed E-state index contributed by atoms with van der Waals surface area (Å²) in [5.74, 6) is -1.25. The van der Waals surface area contributed by atoms with Crippen LogP contribution < -0.4 is 5.73 Å². The molecule has 0 saturated carbocycles. The number of rotatable bonds is 2. The average molecular weight is 294 g/mol. The van der Waals surface area contributed by atoms with Crippen LogP contribution in [0.5, 0.6) is 0 Å². The maximum absolute atomic E-state index is 13.4. The molecule has 8 heteroatoms. The molecule has 17 heavy (non-hydrogen) atoms. The second-order valence-corrected chi connectivity index (χ2v) is 3.52. The lowest BCUT2D eigenvalue weighted by Gasteiger charge is -2.18. The lowest BCUT2D eigenvalue weighted by atomic mass is 10.00. The molecule has 0 aliphatic heterocycles. The van der Waals surface area contributed by atoms with Gasteiger partial charge in [0.15, 0.2) is 0 Å². The number of aliphatic hydroxyl groups excluding tert-OH is 1. The van der Waals surface area contributed by atoms with E-state index in [1.165, 1.54) is 0 Å². The van der Waals surface area contributed by atoms with E-state index in [0.29, 0.717) is 6.07 Å². The van der Waals surface area contributed by atoms with Gasteiger partial charge >= 0.3 is 6.18 Å². The Morgan fingerprint density at radius 1 is 1.35 bits per heavy atom. The summed E-state index contributed by atoms with van der Waals surface area (Å²) in [6, 6.07) is -0.0286. The molecule has 1 rings (SSSR count). The van der Waals surface area contributed by atoms with Crippen LogP contribution in [0.3, 0.4) is 0 Å². The summed E-state index contributed by atoms with van der Waals surface area (Å²) in [7, 11) is 0. The van der Waals surface area contributed by atoms with Crippen molar-refractivity contribution >= 4 is 24.0 Å². The molecule has 0 amide bonds. The largest absolute Gasteiger partial charge is 0.416 e. The van der Waals surface area contributed by atoms with Crippen LogP contribution in [-0.2, 0) is 6.18 Å². The summed E-state index contributed by atoms with van der Waals surface area (Å²) in [4.78, 5) is 0. The molecule has 2 nitrogen and oxygen atoms in total. The Morgan fingerprint density at radius 3 is 2.29 bits per heavy atom. The topological polar surface area (TPSA) is 46.2 Å². The third kappa shape index (κ3) is 3.45. The molecule has 0 bridgehead atoms. The number of aliphatic hydroxyl groups is 1. The van der Waals surface area contributed by atoms with Crippen molar-refractivity contribution in [3.63, 3.8) is 0 Å². The number of hydrogen-bond donors (Lipinski definition) is 2. The smallest absolute Gasteiger partial charge is 0.394 e. The summed E-state index contributed by atoms with van der Waals surface area (Å²) < 4.78 is 50.9. The Labute approximate surface area is 106 Å². The molecule has 1 atom stereocenters. The number of alkyl halides is 3. The van der Waals surface area contributed by atoms with Crippen molar-refractivity contribution in [1.29, 1.82) is 0 Å². The molecule has 0 radical (unpaired) electrons. The highest BCUT2D eigenvalue weighted by Crippen LogP contribution is 2.37. The van der Waals surface area contributed by atoms with Crippen molar-refractivity contribution in [3.05, 3.63) is 34.1 Å². The Morgan fingerprint density at radius 2 is 1.88 bits per heavy atom. The first kappa shape index (κ1) is 16.4. The van der Waals surface area contributed by atoms with Gasteiger partial charge in [-0.2, -0.15) is 13.2 Å². The van der Waals surface area contributed by atoms with Gasteiger partial charge in [-0.05, 0) is 12.1 Å². The zero-order valence-electron chi connectivity index (χ0n) is 8.26. The van der Waals surface area contributed by atoms with Gasteiger partial charge in [-0.25, -0.2) is 4.39 Å². The first-order valence-corrected chi connectivity index (χ1v) is 4.58. The Balaban J connectivity index is 0.00000256. The van der Waals surface area contributed by atoms with E-state index in [2.05, 4.69) is 0 Å². The minimum atomic E-state index is -4.74. The zero-order chi connectivity index (χ0) is 12.5. The summed E-state index contributed by atoms with van der Waals surface area (Å²) in [5, 5.41) is 8.23. The summed E-state index contributed by atoms with van der Waals surface area (Å²) >= 11 is 5.36. The van der Waals surface area contributed by atoms with E-state index in [4.69, 9.17) is 22.4 Å². The standard InChI is InChI=1S/C9H8ClF4NO.ClH/c10-5-2-1-4(9(12,13)14)7(8(5)11)6(15)3-16;/h1-2,6,16H,3,15H2;1H/t6-;/m0./s1. The van der Waals surface area contributed by atoms with Crippen molar-refractivity contribution in [2.24, 2.45) is 5.73 Å². The van der Waals surface area contributed by atoms with Gasteiger partial charge in [-0.1, -0.05) is 11.6 Å². The van der Waals surface area contributed by atoms with Crippen LogP contribution in [0.15, 0.2) is 12.1 Å². The fourth-order valence-electron chi connectivity index (χ4n) is 1.27. The van der Waals surface area contributed by atoms with E-state index in [0.717, 1.165) is 6.07 Å². The van der Waals surface area contributed by atoms with Crippen molar-refractivity contribution in [2.75, 3.05) is 6.61 Å². The lowest BCUT2D eigenvalue weighted by Crippen LogP contribution is -2.22. The van der Waals surface area contributed by atoms with Gasteiger partial charge in [0.1, 0.15) is 5.82 Å². The fourth-order valence-corrected chi connectivity index (χ4v) is 1.43. The average Bonchev–Trinajstić information content (AvgIpc) is 2.19. The highest BCUT2D eigenvalue weighted by Gasteiger charge is 2.36. The molecule has 1 aromatic carbocycles. The van der Waals surface area contributed by atoms with Crippen molar-refractivity contribution < 1.29 is 22.7 Å². The van der Waals surface area contributed by atoms with E-state index < -0.39 is 40.8 Å². The van der Waals surface area contributed by atoms with Gasteiger partial charge in [-0.3, -0.25) is 0 Å². The third-order valence-electron chi connectivity index (χ3n) is 2.01. The van der Waals surface area contributed by atoms with Crippen LogP contribution in [0.2, 0.25) is 5.02 Å².